The summed E-state index contributed by atoms with van der Waals surface area (Å²) >= 11 is 6.08. The molecule has 3 rings (SSSR count). The topological polar surface area (TPSA) is 72.8 Å². The molecule has 0 saturated heterocycles. The van der Waals surface area contributed by atoms with E-state index in [1.165, 1.54) is 25.7 Å². The van der Waals surface area contributed by atoms with Crippen molar-refractivity contribution in [2.75, 3.05) is 12.4 Å². The van der Waals surface area contributed by atoms with Gasteiger partial charge in [-0.05, 0) is 12.1 Å². The van der Waals surface area contributed by atoms with Crippen LogP contribution in [0, 0.1) is 0 Å². The first-order valence-electron chi connectivity index (χ1n) is 7.20. The highest BCUT2D eigenvalue weighted by atomic mass is 35.5. The average molecular weight is 382 g/mol. The Morgan fingerprint density at radius 1 is 1.12 bits per heavy atom. The van der Waals surface area contributed by atoms with Crippen LogP contribution in [0.5, 0.6) is 5.75 Å². The molecule has 0 amide bonds. The van der Waals surface area contributed by atoms with E-state index in [4.69, 9.17) is 16.3 Å². The van der Waals surface area contributed by atoms with Crippen LogP contribution >= 0.6 is 11.6 Å². The highest BCUT2D eigenvalue weighted by Crippen LogP contribution is 2.33. The lowest BCUT2D eigenvalue weighted by molar-refractivity contribution is -0.141. The maximum absolute atomic E-state index is 13.2. The van der Waals surface area contributed by atoms with Gasteiger partial charge in [0.05, 0.1) is 24.0 Å². The number of anilines is 2. The fourth-order valence-corrected chi connectivity index (χ4v) is 2.22. The zero-order valence-corrected chi connectivity index (χ0v) is 14.0. The van der Waals surface area contributed by atoms with Crippen LogP contribution in [0.4, 0.5) is 24.7 Å². The molecule has 0 radical (unpaired) electrons. The summed E-state index contributed by atoms with van der Waals surface area (Å²) in [6.07, 6.45) is -0.649. The van der Waals surface area contributed by atoms with Gasteiger partial charge in [0, 0.05) is 24.5 Å². The lowest BCUT2D eigenvalue weighted by atomic mass is 10.3. The fourth-order valence-electron chi connectivity index (χ4n) is 2.05. The number of halogens is 4. The Morgan fingerprint density at radius 3 is 2.58 bits per heavy atom. The molecule has 2 heterocycles. The van der Waals surface area contributed by atoms with Crippen molar-refractivity contribution in [3.63, 3.8) is 0 Å². The molecule has 0 saturated carbocycles. The molecule has 1 aromatic carbocycles. The normalized spacial score (nSPS) is 11.3. The summed E-state index contributed by atoms with van der Waals surface area (Å²) in [4.78, 5) is 15.4. The van der Waals surface area contributed by atoms with Crippen LogP contribution in [0.3, 0.4) is 0 Å². The van der Waals surface area contributed by atoms with Gasteiger partial charge in [-0.15, -0.1) is 0 Å². The van der Waals surface area contributed by atoms with Crippen LogP contribution in [0.2, 0.25) is 5.02 Å². The van der Waals surface area contributed by atoms with E-state index in [0.717, 1.165) is 6.07 Å². The number of aromatic nitrogens is 4. The largest absolute Gasteiger partial charge is 0.497 e. The molecule has 0 aliphatic heterocycles. The van der Waals surface area contributed by atoms with Crippen LogP contribution in [0.15, 0.2) is 42.9 Å². The molecule has 1 N–H and O–H groups in total. The molecule has 6 nitrogen and oxygen atoms in total. The van der Waals surface area contributed by atoms with Crippen molar-refractivity contribution in [2.45, 2.75) is 6.18 Å². The molecule has 0 unspecified atom stereocenters. The van der Waals surface area contributed by atoms with Gasteiger partial charge in [-0.1, -0.05) is 11.6 Å². The molecule has 0 bridgehead atoms. The number of methoxy groups -OCH3 is 1. The average Bonchev–Trinajstić information content (AvgIpc) is 2.63. The van der Waals surface area contributed by atoms with Gasteiger partial charge in [0.25, 0.3) is 0 Å². The highest BCUT2D eigenvalue weighted by molar-refractivity contribution is 6.33. The first-order chi connectivity index (χ1) is 12.4. The molecule has 134 valence electrons. The van der Waals surface area contributed by atoms with Gasteiger partial charge in [-0.2, -0.15) is 13.2 Å². The number of hydrogen-bond donors (Lipinski definition) is 1. The predicted octanol–water partition coefficient (Wildman–Crippen LogP) is 4.36. The second kappa shape index (κ2) is 7.12. The first-order valence-corrected chi connectivity index (χ1v) is 7.58. The monoisotopic (exact) mass is 381 g/mol. The van der Waals surface area contributed by atoms with E-state index in [9.17, 15) is 13.2 Å². The van der Waals surface area contributed by atoms with Gasteiger partial charge in [0.1, 0.15) is 17.3 Å². The summed E-state index contributed by atoms with van der Waals surface area (Å²) in [6, 6.07) is 5.51. The van der Waals surface area contributed by atoms with Gasteiger partial charge < -0.3 is 10.1 Å². The summed E-state index contributed by atoms with van der Waals surface area (Å²) in [6.45, 7) is 0. The molecular weight excluding hydrogens is 371 g/mol. The predicted molar refractivity (Wildman–Crippen MR) is 89.3 cm³/mol. The lowest BCUT2D eigenvalue weighted by Crippen LogP contribution is -2.11. The molecule has 0 atom stereocenters. The molecule has 3 aromatic rings. The number of nitrogens with one attached hydrogen (secondary N) is 1. The van der Waals surface area contributed by atoms with E-state index in [2.05, 4.69) is 25.3 Å². The van der Waals surface area contributed by atoms with Crippen LogP contribution in [-0.2, 0) is 6.18 Å². The second-order valence-corrected chi connectivity index (χ2v) is 5.43. The summed E-state index contributed by atoms with van der Waals surface area (Å²) in [5.74, 6) is 0.175. The van der Waals surface area contributed by atoms with Crippen LogP contribution in [0.1, 0.15) is 5.69 Å². The van der Waals surface area contributed by atoms with E-state index < -0.39 is 11.9 Å². The molecule has 0 aliphatic rings. The van der Waals surface area contributed by atoms with Crippen molar-refractivity contribution >= 4 is 23.1 Å². The molecule has 0 fully saturated rings. The minimum absolute atomic E-state index is 0.0943. The molecule has 0 aliphatic carbocycles. The maximum atomic E-state index is 13.2. The number of hydrogen-bond acceptors (Lipinski definition) is 6. The van der Waals surface area contributed by atoms with Gasteiger partial charge in [-0.3, -0.25) is 4.98 Å². The quantitative estimate of drug-likeness (QED) is 0.724. The van der Waals surface area contributed by atoms with Crippen molar-refractivity contribution in [3.8, 4) is 17.3 Å². The van der Waals surface area contributed by atoms with E-state index >= 15 is 0 Å². The Kier molecular flexibility index (Phi) is 4.90. The Labute approximate surface area is 151 Å². The second-order valence-electron chi connectivity index (χ2n) is 5.02. The molecule has 26 heavy (non-hydrogen) atoms. The van der Waals surface area contributed by atoms with Gasteiger partial charge in [-0.25, -0.2) is 15.0 Å². The number of benzene rings is 1. The molecule has 10 heteroatoms. The van der Waals surface area contributed by atoms with E-state index in [0.29, 0.717) is 16.5 Å². The summed E-state index contributed by atoms with van der Waals surface area (Å²) in [5.41, 5.74) is -0.670. The first kappa shape index (κ1) is 17.9. The van der Waals surface area contributed by atoms with Crippen molar-refractivity contribution in [1.82, 2.24) is 19.9 Å². The van der Waals surface area contributed by atoms with Gasteiger partial charge in [0.2, 0.25) is 0 Å². The standard InChI is InChI=1S/C16H11ClF3N5O/c1-26-9-2-3-10(17)11(6-9)23-14-7-13(16(18,19)20)24-15(25-14)12-8-21-4-5-22-12/h2-8H,1H3,(H,23,24,25). The van der Waals surface area contributed by atoms with Crippen molar-refractivity contribution in [1.29, 1.82) is 0 Å². The zero-order valence-electron chi connectivity index (χ0n) is 13.3. The van der Waals surface area contributed by atoms with Crippen molar-refractivity contribution in [2.24, 2.45) is 0 Å². The van der Waals surface area contributed by atoms with Gasteiger partial charge in [0.15, 0.2) is 11.5 Å². The Bertz CT molecular complexity index is 922. The Hall–Kier alpha value is -2.94. The van der Waals surface area contributed by atoms with E-state index in [1.54, 1.807) is 18.2 Å². The maximum Gasteiger partial charge on any atom is 0.433 e. The SMILES string of the molecule is COc1ccc(Cl)c(Nc2cc(C(F)(F)F)nc(-c3cnccn3)n2)c1. The Morgan fingerprint density at radius 2 is 1.92 bits per heavy atom. The summed E-state index contributed by atoms with van der Waals surface area (Å²) < 4.78 is 44.7. The van der Waals surface area contributed by atoms with E-state index in [-0.39, 0.29) is 17.3 Å². The molecular formula is C16H11ClF3N5O. The summed E-state index contributed by atoms with van der Waals surface area (Å²) in [7, 11) is 1.46. The third-order valence-corrected chi connectivity index (χ3v) is 3.57. The number of nitrogens with zero attached hydrogens (tertiary/aromatic N) is 4. The van der Waals surface area contributed by atoms with Crippen LogP contribution in [-0.4, -0.2) is 27.0 Å². The molecule has 0 spiro atoms. The number of rotatable bonds is 4. The van der Waals surface area contributed by atoms with Crippen molar-refractivity contribution < 1.29 is 17.9 Å². The number of ether oxygens (including phenoxy) is 1. The van der Waals surface area contributed by atoms with Crippen LogP contribution < -0.4 is 10.1 Å². The van der Waals surface area contributed by atoms with E-state index in [1.807, 2.05) is 0 Å². The lowest BCUT2D eigenvalue weighted by Gasteiger charge is -2.13. The molecule has 2 aromatic heterocycles. The number of alkyl halides is 3. The van der Waals surface area contributed by atoms with Crippen LogP contribution in [0.25, 0.3) is 11.5 Å². The minimum Gasteiger partial charge on any atom is -0.497 e. The third-order valence-electron chi connectivity index (χ3n) is 3.25. The highest BCUT2D eigenvalue weighted by Gasteiger charge is 2.34. The van der Waals surface area contributed by atoms with Gasteiger partial charge >= 0.3 is 6.18 Å². The zero-order chi connectivity index (χ0) is 18.7. The fraction of sp³-hybridized carbons (Fsp3) is 0.125. The van der Waals surface area contributed by atoms with Crippen molar-refractivity contribution in [3.05, 3.63) is 53.6 Å². The summed E-state index contributed by atoms with van der Waals surface area (Å²) in [5, 5.41) is 3.05. The smallest absolute Gasteiger partial charge is 0.433 e. The third kappa shape index (κ3) is 3.99. The Balaban J connectivity index is 2.07. The minimum atomic E-state index is -4.66.